The van der Waals surface area contributed by atoms with Gasteiger partial charge in [0.2, 0.25) is 0 Å². The highest BCUT2D eigenvalue weighted by Crippen LogP contribution is 2.39. The summed E-state index contributed by atoms with van der Waals surface area (Å²) in [6, 6.07) is 3.81. The number of carboxylic acids is 1. The predicted molar refractivity (Wildman–Crippen MR) is 94.6 cm³/mol. The van der Waals surface area contributed by atoms with Crippen LogP contribution in [-0.4, -0.2) is 44.2 Å². The lowest BCUT2D eigenvalue weighted by Gasteiger charge is -2.24. The molecule has 1 aliphatic carbocycles. The topological polar surface area (TPSA) is 84.9 Å². The van der Waals surface area contributed by atoms with Crippen LogP contribution >= 0.6 is 0 Å². The third-order valence-corrected chi connectivity index (χ3v) is 4.79. The van der Waals surface area contributed by atoms with Gasteiger partial charge in [-0.1, -0.05) is 0 Å². The highest BCUT2D eigenvalue weighted by Gasteiger charge is 2.33. The number of Topliss-reactive ketones (excluding diaryl/α,β-unsaturated/α-hetero) is 1. The number of benzene rings is 1. The number of nitrogens with one attached hydrogen (secondary N) is 1. The third kappa shape index (κ3) is 4.95. The molecule has 1 heterocycles. The van der Waals surface area contributed by atoms with Gasteiger partial charge >= 0.3 is 0 Å². The quantitative estimate of drug-likeness (QED) is 0.869. The average molecular weight is 349 g/mol. The molecule has 1 aliphatic heterocycles. The maximum atomic E-state index is 12.6. The fourth-order valence-electron chi connectivity index (χ4n) is 3.61. The Balaban J connectivity index is 0.000000511. The standard InChI is InChI=1S/C17H23NO3.C2H4O2/c1-20-15-9-12-8-13(7-11-3-5-18-6-4-11)17(19)14(12)10-16(15)21-2;1-2(3)4/h9-11,13,18H,3-8H2,1-2H3;1H3,(H,3,4). The molecule has 3 rings (SSSR count). The van der Waals surface area contributed by atoms with Crippen molar-refractivity contribution in [3.8, 4) is 11.5 Å². The first-order chi connectivity index (χ1) is 12.0. The number of fused-ring (bicyclic) bond motifs is 1. The van der Waals surface area contributed by atoms with Gasteiger partial charge in [0.25, 0.3) is 5.97 Å². The minimum Gasteiger partial charge on any atom is -0.493 e. The zero-order valence-corrected chi connectivity index (χ0v) is 15.1. The first kappa shape index (κ1) is 19.2. The third-order valence-electron chi connectivity index (χ3n) is 4.79. The van der Waals surface area contributed by atoms with Crippen molar-refractivity contribution in [3.63, 3.8) is 0 Å². The Labute approximate surface area is 148 Å². The zero-order valence-electron chi connectivity index (χ0n) is 15.1. The lowest BCUT2D eigenvalue weighted by atomic mass is 9.86. The summed E-state index contributed by atoms with van der Waals surface area (Å²) >= 11 is 0. The number of ketones is 1. The van der Waals surface area contributed by atoms with E-state index >= 15 is 0 Å². The normalized spacial score (nSPS) is 19.6. The Morgan fingerprint density at radius 3 is 2.32 bits per heavy atom. The van der Waals surface area contributed by atoms with Crippen molar-refractivity contribution in [1.29, 1.82) is 0 Å². The smallest absolute Gasteiger partial charge is 0.300 e. The van der Waals surface area contributed by atoms with Crippen molar-refractivity contribution in [2.75, 3.05) is 27.3 Å². The molecule has 0 radical (unpaired) electrons. The molecular weight excluding hydrogens is 322 g/mol. The van der Waals surface area contributed by atoms with Gasteiger partial charge in [-0.2, -0.15) is 0 Å². The molecule has 1 aromatic rings. The molecular formula is C19H27NO5. The number of carbonyl (C=O) groups is 2. The number of carbonyl (C=O) groups excluding carboxylic acids is 1. The van der Waals surface area contributed by atoms with Crippen LogP contribution < -0.4 is 14.8 Å². The molecule has 2 aliphatic rings. The van der Waals surface area contributed by atoms with Gasteiger partial charge in [-0.3, -0.25) is 9.59 Å². The van der Waals surface area contributed by atoms with Crippen molar-refractivity contribution in [3.05, 3.63) is 23.3 Å². The number of carboxylic acid groups (broad SMARTS) is 1. The first-order valence-corrected chi connectivity index (χ1v) is 8.65. The number of piperidine rings is 1. The number of hydrogen-bond donors (Lipinski definition) is 2. The zero-order chi connectivity index (χ0) is 18.4. The van der Waals surface area contributed by atoms with Gasteiger partial charge in [-0.15, -0.1) is 0 Å². The molecule has 1 aromatic carbocycles. The molecule has 1 atom stereocenters. The van der Waals surface area contributed by atoms with Crippen LogP contribution in [-0.2, 0) is 11.2 Å². The van der Waals surface area contributed by atoms with Crippen molar-refractivity contribution < 1.29 is 24.2 Å². The van der Waals surface area contributed by atoms with Gasteiger partial charge in [0.15, 0.2) is 17.3 Å². The molecule has 1 unspecified atom stereocenters. The van der Waals surface area contributed by atoms with E-state index in [9.17, 15) is 4.79 Å². The van der Waals surface area contributed by atoms with E-state index in [2.05, 4.69) is 5.32 Å². The minimum absolute atomic E-state index is 0.139. The van der Waals surface area contributed by atoms with Crippen LogP contribution in [0.25, 0.3) is 0 Å². The molecule has 1 fully saturated rings. The predicted octanol–water partition coefficient (Wildman–Crippen LogP) is 2.54. The van der Waals surface area contributed by atoms with Crippen molar-refractivity contribution in [1.82, 2.24) is 5.32 Å². The SMILES string of the molecule is CC(=O)O.COc1cc2c(cc1OC)C(=O)C(CC1CCNCC1)C2. The van der Waals surface area contributed by atoms with E-state index in [0.717, 1.165) is 44.0 Å². The highest BCUT2D eigenvalue weighted by molar-refractivity contribution is 6.02. The number of aliphatic carboxylic acids is 1. The minimum atomic E-state index is -0.833. The molecule has 6 nitrogen and oxygen atoms in total. The summed E-state index contributed by atoms with van der Waals surface area (Å²) in [5.41, 5.74) is 1.93. The van der Waals surface area contributed by atoms with E-state index in [1.54, 1.807) is 14.2 Å². The summed E-state index contributed by atoms with van der Waals surface area (Å²) in [5.74, 6) is 1.63. The number of methoxy groups -OCH3 is 2. The Kier molecular flexibility index (Phi) is 6.82. The molecule has 6 heteroatoms. The van der Waals surface area contributed by atoms with E-state index in [1.165, 1.54) is 12.8 Å². The van der Waals surface area contributed by atoms with Crippen LogP contribution in [0.3, 0.4) is 0 Å². The number of ether oxygens (including phenoxy) is 2. The second kappa shape index (κ2) is 8.85. The van der Waals surface area contributed by atoms with Crippen LogP contribution in [0.5, 0.6) is 11.5 Å². The van der Waals surface area contributed by atoms with Crippen LogP contribution in [0.4, 0.5) is 0 Å². The largest absolute Gasteiger partial charge is 0.493 e. The van der Waals surface area contributed by atoms with Gasteiger partial charge in [0, 0.05) is 18.4 Å². The average Bonchev–Trinajstić information content (AvgIpc) is 2.89. The van der Waals surface area contributed by atoms with E-state index in [4.69, 9.17) is 19.4 Å². The van der Waals surface area contributed by atoms with Crippen LogP contribution in [0.15, 0.2) is 12.1 Å². The molecule has 2 N–H and O–H groups in total. The van der Waals surface area contributed by atoms with Gasteiger partial charge in [0.05, 0.1) is 14.2 Å². The molecule has 0 aromatic heterocycles. The van der Waals surface area contributed by atoms with E-state index < -0.39 is 5.97 Å². The fraction of sp³-hybridized carbons (Fsp3) is 0.579. The van der Waals surface area contributed by atoms with Gasteiger partial charge < -0.3 is 19.9 Å². The summed E-state index contributed by atoms with van der Waals surface area (Å²) in [5, 5.41) is 10.8. The van der Waals surface area contributed by atoms with Crippen LogP contribution in [0, 0.1) is 11.8 Å². The molecule has 0 bridgehead atoms. The molecule has 0 amide bonds. The molecule has 138 valence electrons. The maximum absolute atomic E-state index is 12.6. The second-order valence-corrected chi connectivity index (χ2v) is 6.58. The molecule has 25 heavy (non-hydrogen) atoms. The van der Waals surface area contributed by atoms with E-state index in [0.29, 0.717) is 17.4 Å². The van der Waals surface area contributed by atoms with Crippen LogP contribution in [0.1, 0.15) is 42.1 Å². The van der Waals surface area contributed by atoms with Gasteiger partial charge in [-0.25, -0.2) is 0 Å². The number of rotatable bonds is 4. The summed E-state index contributed by atoms with van der Waals surface area (Å²) in [7, 11) is 3.24. The molecule has 0 spiro atoms. The van der Waals surface area contributed by atoms with E-state index in [-0.39, 0.29) is 11.7 Å². The lowest BCUT2D eigenvalue weighted by Crippen LogP contribution is -2.29. The van der Waals surface area contributed by atoms with Crippen LogP contribution in [0.2, 0.25) is 0 Å². The Bertz CT molecular complexity index is 618. The van der Waals surface area contributed by atoms with E-state index in [1.807, 2.05) is 12.1 Å². The number of hydrogen-bond acceptors (Lipinski definition) is 5. The van der Waals surface area contributed by atoms with Crippen molar-refractivity contribution in [2.45, 2.75) is 32.6 Å². The van der Waals surface area contributed by atoms with Gasteiger partial charge in [0.1, 0.15) is 0 Å². The summed E-state index contributed by atoms with van der Waals surface area (Å²) in [4.78, 5) is 21.6. The Morgan fingerprint density at radius 1 is 1.20 bits per heavy atom. The fourth-order valence-corrected chi connectivity index (χ4v) is 3.61. The first-order valence-electron chi connectivity index (χ1n) is 8.65. The monoisotopic (exact) mass is 349 g/mol. The van der Waals surface area contributed by atoms with Crippen molar-refractivity contribution >= 4 is 11.8 Å². The summed E-state index contributed by atoms with van der Waals surface area (Å²) < 4.78 is 10.6. The van der Waals surface area contributed by atoms with Crippen molar-refractivity contribution in [2.24, 2.45) is 11.8 Å². The second-order valence-electron chi connectivity index (χ2n) is 6.58. The summed E-state index contributed by atoms with van der Waals surface area (Å²) in [6.07, 6.45) is 4.23. The highest BCUT2D eigenvalue weighted by atomic mass is 16.5. The van der Waals surface area contributed by atoms with Gasteiger partial charge in [-0.05, 0) is 62.4 Å². The molecule has 1 saturated heterocycles. The Hall–Kier alpha value is -2.08. The maximum Gasteiger partial charge on any atom is 0.300 e. The molecule has 0 saturated carbocycles. The summed E-state index contributed by atoms with van der Waals surface area (Å²) in [6.45, 7) is 3.25. The lowest BCUT2D eigenvalue weighted by molar-refractivity contribution is -0.134. The Morgan fingerprint density at radius 2 is 1.76 bits per heavy atom.